The second-order valence-electron chi connectivity index (χ2n) is 10.1. The van der Waals surface area contributed by atoms with Crippen molar-refractivity contribution < 1.29 is 0 Å². The molecule has 2 N–H and O–H groups in total. The summed E-state index contributed by atoms with van der Waals surface area (Å²) in [6, 6.07) is 12.5. The van der Waals surface area contributed by atoms with Crippen LogP contribution in [0.5, 0.6) is 0 Å². The van der Waals surface area contributed by atoms with Crippen LogP contribution in [0.15, 0.2) is 35.3 Å². The Balaban J connectivity index is 1.08. The van der Waals surface area contributed by atoms with Crippen LogP contribution in [0.25, 0.3) is 0 Å². The predicted octanol–water partition coefficient (Wildman–Crippen LogP) is 3.90. The van der Waals surface area contributed by atoms with E-state index in [9.17, 15) is 0 Å². The van der Waals surface area contributed by atoms with E-state index in [0.29, 0.717) is 6.04 Å². The van der Waals surface area contributed by atoms with Gasteiger partial charge >= 0.3 is 0 Å². The molecule has 0 bridgehead atoms. The van der Waals surface area contributed by atoms with E-state index in [0.717, 1.165) is 31.0 Å². The van der Waals surface area contributed by atoms with Crippen molar-refractivity contribution in [2.75, 3.05) is 45.8 Å². The van der Waals surface area contributed by atoms with E-state index in [1.54, 1.807) is 0 Å². The van der Waals surface area contributed by atoms with Gasteiger partial charge in [0.15, 0.2) is 5.96 Å². The van der Waals surface area contributed by atoms with E-state index >= 15 is 0 Å². The molecule has 1 aliphatic carbocycles. The van der Waals surface area contributed by atoms with Crippen molar-refractivity contribution in [3.05, 3.63) is 35.9 Å². The first-order chi connectivity index (χ1) is 15.8. The van der Waals surface area contributed by atoms with Crippen molar-refractivity contribution in [3.63, 3.8) is 0 Å². The Hall–Kier alpha value is -1.59. The van der Waals surface area contributed by atoms with Crippen molar-refractivity contribution in [1.82, 2.24) is 20.4 Å². The molecule has 1 aromatic carbocycles. The molecule has 0 unspecified atom stereocenters. The number of unbranched alkanes of at least 4 members (excludes halogenated alkanes) is 1. The van der Waals surface area contributed by atoms with Crippen molar-refractivity contribution in [2.45, 2.75) is 76.8 Å². The zero-order valence-corrected chi connectivity index (χ0v) is 20.3. The third-order valence-corrected chi connectivity index (χ3v) is 7.50. The van der Waals surface area contributed by atoms with Crippen molar-refractivity contribution in [2.24, 2.45) is 10.9 Å². The zero-order valence-electron chi connectivity index (χ0n) is 20.3. The maximum absolute atomic E-state index is 4.88. The van der Waals surface area contributed by atoms with Gasteiger partial charge in [-0.1, -0.05) is 30.3 Å². The number of aliphatic imine (C=N–C) groups is 1. The van der Waals surface area contributed by atoms with Gasteiger partial charge < -0.3 is 20.4 Å². The molecule has 1 aromatic rings. The molecular weight excluding hydrogens is 394 g/mol. The summed E-state index contributed by atoms with van der Waals surface area (Å²) < 4.78 is 0. The van der Waals surface area contributed by atoms with E-state index in [1.807, 2.05) is 0 Å². The number of hydrogen-bond acceptors (Lipinski definition) is 3. The van der Waals surface area contributed by atoms with Crippen LogP contribution >= 0.6 is 0 Å². The van der Waals surface area contributed by atoms with Gasteiger partial charge in [0.2, 0.25) is 0 Å². The number of rotatable bonds is 10. The van der Waals surface area contributed by atoms with Gasteiger partial charge in [0.1, 0.15) is 0 Å². The van der Waals surface area contributed by atoms with Crippen LogP contribution in [0.3, 0.4) is 0 Å². The van der Waals surface area contributed by atoms with Gasteiger partial charge in [-0.15, -0.1) is 0 Å². The van der Waals surface area contributed by atoms with E-state index in [4.69, 9.17) is 4.99 Å². The van der Waals surface area contributed by atoms with Crippen LogP contribution in [-0.2, 0) is 6.42 Å². The summed E-state index contributed by atoms with van der Waals surface area (Å²) in [7, 11) is 0. The molecular formula is C27H45N5. The Morgan fingerprint density at radius 2 is 1.69 bits per heavy atom. The standard InChI is InChI=1S/C27H45N5/c1-2-28-27(30-25-14-20-32(21-15-25)26-10-11-26)29-16-6-7-17-31-18-12-24(13-19-31)22-23-8-4-3-5-9-23/h3-5,8-9,24-26H,2,6-7,10-22H2,1H3,(H2,28,29,30). The molecule has 0 aromatic heterocycles. The Morgan fingerprint density at radius 3 is 2.38 bits per heavy atom. The molecule has 2 heterocycles. The summed E-state index contributed by atoms with van der Waals surface area (Å²) >= 11 is 0. The minimum atomic E-state index is 0.583. The average Bonchev–Trinajstić information content (AvgIpc) is 3.67. The summed E-state index contributed by atoms with van der Waals surface area (Å²) in [5, 5.41) is 7.16. The van der Waals surface area contributed by atoms with Crippen LogP contribution in [0.2, 0.25) is 0 Å². The van der Waals surface area contributed by atoms with Crippen molar-refractivity contribution >= 4 is 5.96 Å². The lowest BCUT2D eigenvalue weighted by Crippen LogP contribution is -2.49. The number of guanidine groups is 1. The lowest BCUT2D eigenvalue weighted by atomic mass is 9.90. The quantitative estimate of drug-likeness (QED) is 0.330. The highest BCUT2D eigenvalue weighted by atomic mass is 15.2. The Morgan fingerprint density at radius 1 is 0.938 bits per heavy atom. The number of benzene rings is 1. The van der Waals surface area contributed by atoms with Gasteiger partial charge in [-0.25, -0.2) is 0 Å². The van der Waals surface area contributed by atoms with Crippen LogP contribution in [0, 0.1) is 5.92 Å². The number of nitrogens with one attached hydrogen (secondary N) is 2. The molecule has 0 amide bonds. The van der Waals surface area contributed by atoms with Gasteiger partial charge in [-0.2, -0.15) is 0 Å². The second kappa shape index (κ2) is 12.6. The van der Waals surface area contributed by atoms with E-state index in [-0.39, 0.29) is 0 Å². The van der Waals surface area contributed by atoms with E-state index in [1.165, 1.54) is 96.1 Å². The number of piperidine rings is 2. The molecule has 1 saturated carbocycles. The first-order valence-electron chi connectivity index (χ1n) is 13.4. The first-order valence-corrected chi connectivity index (χ1v) is 13.4. The minimum absolute atomic E-state index is 0.583. The van der Waals surface area contributed by atoms with Crippen LogP contribution in [-0.4, -0.2) is 73.7 Å². The van der Waals surface area contributed by atoms with Gasteiger partial charge in [0.05, 0.1) is 0 Å². The fourth-order valence-corrected chi connectivity index (χ4v) is 5.36. The van der Waals surface area contributed by atoms with Gasteiger partial charge in [0, 0.05) is 38.3 Å². The van der Waals surface area contributed by atoms with Gasteiger partial charge in [0.25, 0.3) is 0 Å². The summed E-state index contributed by atoms with van der Waals surface area (Å²) in [4.78, 5) is 10.2. The third kappa shape index (κ3) is 7.77. The third-order valence-electron chi connectivity index (χ3n) is 7.50. The zero-order chi connectivity index (χ0) is 22.0. The Kier molecular flexibility index (Phi) is 9.28. The smallest absolute Gasteiger partial charge is 0.191 e. The molecule has 0 atom stereocenters. The molecule has 0 radical (unpaired) electrons. The monoisotopic (exact) mass is 439 g/mol. The maximum atomic E-state index is 4.88. The molecule has 3 aliphatic rings. The molecule has 32 heavy (non-hydrogen) atoms. The van der Waals surface area contributed by atoms with E-state index in [2.05, 4.69) is 57.7 Å². The Labute approximate surface area is 196 Å². The number of nitrogens with zero attached hydrogens (tertiary/aromatic N) is 3. The average molecular weight is 440 g/mol. The normalized spacial score (nSPS) is 22.2. The van der Waals surface area contributed by atoms with E-state index < -0.39 is 0 Å². The van der Waals surface area contributed by atoms with Crippen molar-refractivity contribution in [3.8, 4) is 0 Å². The molecule has 3 fully saturated rings. The fourth-order valence-electron chi connectivity index (χ4n) is 5.36. The molecule has 2 saturated heterocycles. The maximum Gasteiger partial charge on any atom is 0.191 e. The highest BCUT2D eigenvalue weighted by molar-refractivity contribution is 5.80. The lowest BCUT2D eigenvalue weighted by molar-refractivity contribution is 0.181. The highest BCUT2D eigenvalue weighted by Crippen LogP contribution is 2.29. The molecule has 0 spiro atoms. The molecule has 5 nitrogen and oxygen atoms in total. The molecule has 178 valence electrons. The summed E-state index contributed by atoms with van der Waals surface area (Å²) in [6.45, 7) is 10.3. The Bertz CT molecular complexity index is 671. The van der Waals surface area contributed by atoms with Crippen LogP contribution in [0.1, 0.15) is 63.9 Å². The molecule has 5 heteroatoms. The second-order valence-corrected chi connectivity index (χ2v) is 10.1. The van der Waals surface area contributed by atoms with Crippen molar-refractivity contribution in [1.29, 1.82) is 0 Å². The van der Waals surface area contributed by atoms with Crippen LogP contribution in [0.4, 0.5) is 0 Å². The molecule has 2 aliphatic heterocycles. The first kappa shape index (κ1) is 23.6. The minimum Gasteiger partial charge on any atom is -0.357 e. The SMILES string of the molecule is CCNC(=NCCCCN1CCC(Cc2ccccc2)CC1)NC1CCN(C2CC2)CC1. The van der Waals surface area contributed by atoms with Gasteiger partial charge in [-0.05, 0) is 95.8 Å². The number of hydrogen-bond donors (Lipinski definition) is 2. The largest absolute Gasteiger partial charge is 0.357 e. The predicted molar refractivity (Wildman–Crippen MR) is 135 cm³/mol. The lowest BCUT2D eigenvalue weighted by Gasteiger charge is -2.33. The topological polar surface area (TPSA) is 42.9 Å². The summed E-state index contributed by atoms with van der Waals surface area (Å²) in [5.41, 5.74) is 1.50. The number of likely N-dealkylation sites (tertiary alicyclic amines) is 2. The summed E-state index contributed by atoms with van der Waals surface area (Å²) in [5.74, 6) is 1.89. The van der Waals surface area contributed by atoms with Gasteiger partial charge in [-0.3, -0.25) is 4.99 Å². The fraction of sp³-hybridized carbons (Fsp3) is 0.741. The molecule has 4 rings (SSSR count). The summed E-state index contributed by atoms with van der Waals surface area (Å²) in [6.07, 6.45) is 11.7. The van der Waals surface area contributed by atoms with Crippen LogP contribution < -0.4 is 10.6 Å². The highest BCUT2D eigenvalue weighted by Gasteiger charge is 2.31.